The summed E-state index contributed by atoms with van der Waals surface area (Å²) >= 11 is 0. The molecule has 0 saturated heterocycles. The second kappa shape index (κ2) is 3.76. The van der Waals surface area contributed by atoms with Crippen molar-refractivity contribution < 1.29 is 0 Å². The van der Waals surface area contributed by atoms with Gasteiger partial charge in [0.2, 0.25) is 0 Å². The Morgan fingerprint density at radius 1 is 0.950 bits per heavy atom. The molecule has 0 fully saturated rings. The van der Waals surface area contributed by atoms with Gasteiger partial charge < -0.3 is 4.90 Å². The van der Waals surface area contributed by atoms with Crippen molar-refractivity contribution >= 4 is 39.1 Å². The molecule has 20 heavy (non-hydrogen) atoms. The predicted octanol–water partition coefficient (Wildman–Crippen LogP) is 4.39. The molecule has 0 spiro atoms. The molecule has 0 amide bonds. The van der Waals surface area contributed by atoms with E-state index in [2.05, 4.69) is 72.4 Å². The predicted molar refractivity (Wildman–Crippen MR) is 88.0 cm³/mol. The lowest BCUT2D eigenvalue weighted by Crippen LogP contribution is -2.12. The van der Waals surface area contributed by atoms with Crippen molar-refractivity contribution in [1.82, 2.24) is 4.40 Å². The molecule has 2 nitrogen and oxygen atoms in total. The van der Waals surface area contributed by atoms with Crippen LogP contribution in [-0.4, -0.2) is 18.5 Å². The van der Waals surface area contributed by atoms with Gasteiger partial charge in [0.1, 0.15) is 5.82 Å². The first-order valence-electron chi connectivity index (χ1n) is 6.81. The van der Waals surface area contributed by atoms with E-state index in [1.54, 1.807) is 0 Å². The summed E-state index contributed by atoms with van der Waals surface area (Å²) in [7, 11) is 4.18. The Labute approximate surface area is 117 Å². The zero-order valence-corrected chi connectivity index (χ0v) is 11.7. The van der Waals surface area contributed by atoms with Gasteiger partial charge in [-0.15, -0.1) is 0 Å². The molecule has 0 unspecified atom stereocenters. The van der Waals surface area contributed by atoms with E-state index in [9.17, 15) is 0 Å². The molecule has 2 heteroatoms. The summed E-state index contributed by atoms with van der Waals surface area (Å²) in [5.74, 6) is 1.20. The number of hydrogen-bond acceptors (Lipinski definition) is 1. The molecule has 2 heterocycles. The zero-order valence-electron chi connectivity index (χ0n) is 11.7. The van der Waals surface area contributed by atoms with Gasteiger partial charge in [-0.1, -0.05) is 49.1 Å². The molecule has 4 rings (SSSR count). The van der Waals surface area contributed by atoms with Crippen molar-refractivity contribution in [3.8, 4) is 0 Å². The molecule has 2 aromatic carbocycles. The molecule has 0 atom stereocenters. The smallest absolute Gasteiger partial charge is 0.121 e. The third kappa shape index (κ3) is 1.19. The Morgan fingerprint density at radius 3 is 2.40 bits per heavy atom. The maximum absolute atomic E-state index is 4.01. The van der Waals surface area contributed by atoms with Crippen LogP contribution in [0.3, 0.4) is 0 Å². The molecule has 98 valence electrons. The Bertz CT molecular complexity index is 944. The number of rotatable bonds is 2. The summed E-state index contributed by atoms with van der Waals surface area (Å²) in [4.78, 5) is 2.17. The van der Waals surface area contributed by atoms with E-state index in [0.29, 0.717) is 0 Å². The molecule has 0 aliphatic rings. The van der Waals surface area contributed by atoms with E-state index in [1.165, 1.54) is 38.6 Å². The van der Waals surface area contributed by atoms with Crippen molar-refractivity contribution in [2.45, 2.75) is 0 Å². The standard InChI is InChI=1S/C18H16N2/c1-4-12-14-9-7-10-15-13-8-5-6-11-16(13)20(17(14)15)18(12)19(2)3/h4-11H,1H2,2-3H3. The highest BCUT2D eigenvalue weighted by Crippen LogP contribution is 2.40. The lowest BCUT2D eigenvalue weighted by molar-refractivity contribution is 1.06. The third-order valence-electron chi connectivity index (χ3n) is 4.07. The second-order valence-electron chi connectivity index (χ2n) is 5.39. The van der Waals surface area contributed by atoms with E-state index < -0.39 is 0 Å². The van der Waals surface area contributed by atoms with Crippen LogP contribution >= 0.6 is 0 Å². The molecule has 0 aliphatic carbocycles. The molecule has 0 N–H and O–H groups in total. The van der Waals surface area contributed by atoms with Gasteiger partial charge in [0.15, 0.2) is 0 Å². The van der Waals surface area contributed by atoms with Crippen LogP contribution < -0.4 is 4.90 Å². The molecular formula is C18H16N2. The fourth-order valence-corrected chi connectivity index (χ4v) is 3.34. The van der Waals surface area contributed by atoms with Crippen LogP contribution in [0, 0.1) is 0 Å². The number of anilines is 1. The highest BCUT2D eigenvalue weighted by Gasteiger charge is 2.20. The first-order chi connectivity index (χ1) is 9.74. The Kier molecular flexibility index (Phi) is 2.14. The molecule has 2 aromatic heterocycles. The average molecular weight is 260 g/mol. The van der Waals surface area contributed by atoms with Crippen LogP contribution in [0.25, 0.3) is 33.3 Å². The molecule has 4 aromatic rings. The Balaban J connectivity index is 2.42. The number of para-hydroxylation sites is 2. The molecule has 0 saturated carbocycles. The highest BCUT2D eigenvalue weighted by molar-refractivity contribution is 6.18. The van der Waals surface area contributed by atoms with Gasteiger partial charge in [-0.05, 0) is 6.07 Å². The van der Waals surface area contributed by atoms with Gasteiger partial charge in [0, 0.05) is 35.8 Å². The highest BCUT2D eigenvalue weighted by atomic mass is 15.2. The summed E-state index contributed by atoms with van der Waals surface area (Å²) < 4.78 is 2.36. The van der Waals surface area contributed by atoms with Gasteiger partial charge in [-0.3, -0.25) is 4.40 Å². The summed E-state index contributed by atoms with van der Waals surface area (Å²) in [6, 6.07) is 15.1. The second-order valence-corrected chi connectivity index (χ2v) is 5.39. The van der Waals surface area contributed by atoms with E-state index >= 15 is 0 Å². The van der Waals surface area contributed by atoms with Crippen LogP contribution in [0.4, 0.5) is 5.82 Å². The quantitative estimate of drug-likeness (QED) is 0.518. The molecular weight excluding hydrogens is 244 g/mol. The molecule has 0 radical (unpaired) electrons. The number of fused-ring (bicyclic) bond motifs is 3. The fraction of sp³-hybridized carbons (Fsp3) is 0.111. The van der Waals surface area contributed by atoms with Crippen LogP contribution in [0.5, 0.6) is 0 Å². The Morgan fingerprint density at radius 2 is 1.65 bits per heavy atom. The Hall–Kier alpha value is -2.48. The lowest BCUT2D eigenvalue weighted by Gasteiger charge is -2.14. The van der Waals surface area contributed by atoms with Gasteiger partial charge in [-0.2, -0.15) is 0 Å². The average Bonchev–Trinajstić information content (AvgIpc) is 2.97. The summed E-state index contributed by atoms with van der Waals surface area (Å²) in [6.45, 7) is 4.01. The summed E-state index contributed by atoms with van der Waals surface area (Å²) in [6.07, 6.45) is 1.96. The lowest BCUT2D eigenvalue weighted by atomic mass is 10.1. The maximum atomic E-state index is 4.01. The first kappa shape index (κ1) is 11.4. The van der Waals surface area contributed by atoms with Crippen molar-refractivity contribution in [2.24, 2.45) is 0 Å². The van der Waals surface area contributed by atoms with Gasteiger partial charge in [0.25, 0.3) is 0 Å². The van der Waals surface area contributed by atoms with Crippen molar-refractivity contribution in [2.75, 3.05) is 19.0 Å². The van der Waals surface area contributed by atoms with Gasteiger partial charge in [-0.25, -0.2) is 0 Å². The minimum Gasteiger partial charge on any atom is -0.363 e. The first-order valence-corrected chi connectivity index (χ1v) is 6.81. The van der Waals surface area contributed by atoms with Gasteiger partial charge in [0.05, 0.1) is 11.0 Å². The molecule has 0 bridgehead atoms. The van der Waals surface area contributed by atoms with E-state index in [-0.39, 0.29) is 0 Å². The van der Waals surface area contributed by atoms with Crippen LogP contribution in [0.15, 0.2) is 49.0 Å². The van der Waals surface area contributed by atoms with E-state index in [4.69, 9.17) is 0 Å². The van der Waals surface area contributed by atoms with Crippen LogP contribution in [0.1, 0.15) is 5.56 Å². The summed E-state index contributed by atoms with van der Waals surface area (Å²) in [5.41, 5.74) is 3.77. The van der Waals surface area contributed by atoms with E-state index in [0.717, 1.165) is 0 Å². The zero-order chi connectivity index (χ0) is 13.9. The van der Waals surface area contributed by atoms with Crippen molar-refractivity contribution in [3.63, 3.8) is 0 Å². The number of benzene rings is 2. The number of nitrogens with zero attached hydrogens (tertiary/aromatic N) is 2. The largest absolute Gasteiger partial charge is 0.363 e. The van der Waals surface area contributed by atoms with Crippen molar-refractivity contribution in [3.05, 3.63) is 54.6 Å². The SMILES string of the molecule is C=Cc1c(N(C)C)n2c3ccccc3c3cccc1c32. The fourth-order valence-electron chi connectivity index (χ4n) is 3.34. The van der Waals surface area contributed by atoms with Gasteiger partial charge >= 0.3 is 0 Å². The molecule has 0 aliphatic heterocycles. The monoisotopic (exact) mass is 260 g/mol. The van der Waals surface area contributed by atoms with E-state index in [1.807, 2.05) is 6.08 Å². The topological polar surface area (TPSA) is 7.65 Å². The van der Waals surface area contributed by atoms with Crippen LogP contribution in [0.2, 0.25) is 0 Å². The normalized spacial score (nSPS) is 11.7. The summed E-state index contributed by atoms with van der Waals surface area (Å²) in [5, 5.41) is 3.90. The third-order valence-corrected chi connectivity index (χ3v) is 4.07. The maximum Gasteiger partial charge on any atom is 0.121 e. The minimum absolute atomic E-state index is 1.20. The van der Waals surface area contributed by atoms with Crippen LogP contribution in [-0.2, 0) is 0 Å². The van der Waals surface area contributed by atoms with Crippen molar-refractivity contribution in [1.29, 1.82) is 0 Å². The number of hydrogen-bond donors (Lipinski definition) is 0. The minimum atomic E-state index is 1.20. The number of aromatic nitrogens is 1.